The van der Waals surface area contributed by atoms with Gasteiger partial charge in [-0.15, -0.1) is 0 Å². The largest absolute Gasteiger partial charge is 0.462 e. The lowest BCUT2D eigenvalue weighted by atomic mass is 10.1. The molecule has 2 N–H and O–H groups in total. The van der Waals surface area contributed by atoms with Gasteiger partial charge in [-0.25, -0.2) is 9.78 Å². The number of nitrogens with one attached hydrogen (secondary N) is 2. The maximum absolute atomic E-state index is 12.5. The van der Waals surface area contributed by atoms with Gasteiger partial charge in [0, 0.05) is 25.1 Å². The zero-order valence-corrected chi connectivity index (χ0v) is 15.4. The second-order valence-corrected chi connectivity index (χ2v) is 5.87. The Labute approximate surface area is 162 Å². The van der Waals surface area contributed by atoms with Crippen molar-refractivity contribution in [1.29, 1.82) is 0 Å². The van der Waals surface area contributed by atoms with Crippen LogP contribution in [0, 0.1) is 0 Å². The summed E-state index contributed by atoms with van der Waals surface area (Å²) in [6, 6.07) is 13.9. The molecule has 2 heterocycles. The van der Waals surface area contributed by atoms with E-state index >= 15 is 0 Å². The number of carbonyl (C=O) groups excluding carboxylic acids is 2. The van der Waals surface area contributed by atoms with Crippen molar-refractivity contribution in [2.24, 2.45) is 0 Å². The van der Waals surface area contributed by atoms with E-state index in [-0.39, 0.29) is 12.5 Å². The van der Waals surface area contributed by atoms with Crippen molar-refractivity contribution in [3.05, 3.63) is 83.8 Å². The number of esters is 1. The van der Waals surface area contributed by atoms with Crippen molar-refractivity contribution >= 4 is 23.4 Å². The minimum Gasteiger partial charge on any atom is -0.462 e. The molecule has 3 aromatic rings. The fraction of sp³-hybridized carbons (Fsp3) is 0.143. The van der Waals surface area contributed by atoms with Gasteiger partial charge in [0.05, 0.1) is 23.4 Å². The molecule has 0 spiro atoms. The van der Waals surface area contributed by atoms with Gasteiger partial charge in [-0.1, -0.05) is 18.2 Å². The number of ether oxygens (including phenoxy) is 1. The van der Waals surface area contributed by atoms with E-state index in [0.717, 1.165) is 5.56 Å². The second-order valence-electron chi connectivity index (χ2n) is 5.87. The topological polar surface area (TPSA) is 93.2 Å². The first-order valence-electron chi connectivity index (χ1n) is 8.83. The molecule has 7 nitrogen and oxygen atoms in total. The third-order valence-electron chi connectivity index (χ3n) is 3.89. The van der Waals surface area contributed by atoms with Crippen LogP contribution in [0.4, 0.5) is 11.5 Å². The lowest BCUT2D eigenvalue weighted by Gasteiger charge is -2.11. The summed E-state index contributed by atoms with van der Waals surface area (Å²) in [6.07, 6.45) is 4.97. The Morgan fingerprint density at radius 3 is 2.61 bits per heavy atom. The number of anilines is 2. The summed E-state index contributed by atoms with van der Waals surface area (Å²) in [5, 5.41) is 5.91. The number of amides is 1. The van der Waals surface area contributed by atoms with Gasteiger partial charge < -0.3 is 15.4 Å². The van der Waals surface area contributed by atoms with Crippen molar-refractivity contribution in [2.75, 3.05) is 17.2 Å². The number of carbonyl (C=O) groups is 2. The van der Waals surface area contributed by atoms with Gasteiger partial charge in [0.15, 0.2) is 0 Å². The van der Waals surface area contributed by atoms with E-state index in [0.29, 0.717) is 29.2 Å². The zero-order valence-electron chi connectivity index (χ0n) is 15.4. The van der Waals surface area contributed by atoms with Gasteiger partial charge in [0.25, 0.3) is 5.91 Å². The Hall–Kier alpha value is -3.74. The zero-order chi connectivity index (χ0) is 19.8. The van der Waals surface area contributed by atoms with E-state index < -0.39 is 5.97 Å². The number of benzene rings is 1. The van der Waals surface area contributed by atoms with Crippen LogP contribution < -0.4 is 10.6 Å². The van der Waals surface area contributed by atoms with Crippen LogP contribution in [-0.4, -0.2) is 28.5 Å². The molecule has 1 aromatic carbocycles. The molecule has 0 atom stereocenters. The molecule has 7 heteroatoms. The molecule has 0 unspecified atom stereocenters. The SMILES string of the molecule is CCOC(=O)c1ccccc1NC(=O)c1ccc(NCc2cccnc2)nc1. The summed E-state index contributed by atoms with van der Waals surface area (Å²) in [7, 11) is 0. The highest BCUT2D eigenvalue weighted by Gasteiger charge is 2.15. The van der Waals surface area contributed by atoms with Crippen LogP contribution in [0.25, 0.3) is 0 Å². The predicted molar refractivity (Wildman–Crippen MR) is 106 cm³/mol. The molecule has 0 bridgehead atoms. The maximum Gasteiger partial charge on any atom is 0.340 e. The van der Waals surface area contributed by atoms with Crippen LogP contribution in [-0.2, 0) is 11.3 Å². The van der Waals surface area contributed by atoms with E-state index in [4.69, 9.17) is 4.74 Å². The molecule has 0 aliphatic rings. The van der Waals surface area contributed by atoms with E-state index in [1.165, 1.54) is 6.20 Å². The van der Waals surface area contributed by atoms with Gasteiger partial charge in [-0.05, 0) is 42.8 Å². The lowest BCUT2D eigenvalue weighted by molar-refractivity contribution is 0.0527. The summed E-state index contributed by atoms with van der Waals surface area (Å²) in [5.74, 6) is -0.193. The molecular weight excluding hydrogens is 356 g/mol. The summed E-state index contributed by atoms with van der Waals surface area (Å²) in [5.41, 5.74) is 2.11. The van der Waals surface area contributed by atoms with E-state index in [1.807, 2.05) is 12.1 Å². The van der Waals surface area contributed by atoms with Crippen molar-refractivity contribution in [3.8, 4) is 0 Å². The molecule has 28 heavy (non-hydrogen) atoms. The number of para-hydroxylation sites is 1. The van der Waals surface area contributed by atoms with Crippen molar-refractivity contribution < 1.29 is 14.3 Å². The highest BCUT2D eigenvalue weighted by Crippen LogP contribution is 2.18. The Balaban J connectivity index is 1.65. The smallest absolute Gasteiger partial charge is 0.340 e. The normalized spacial score (nSPS) is 10.2. The summed E-state index contributed by atoms with van der Waals surface area (Å²) >= 11 is 0. The second kappa shape index (κ2) is 9.27. The predicted octanol–water partition coefficient (Wildman–Crippen LogP) is 3.52. The van der Waals surface area contributed by atoms with Crippen LogP contribution >= 0.6 is 0 Å². The molecule has 1 amide bonds. The number of nitrogens with zero attached hydrogens (tertiary/aromatic N) is 2. The minimum absolute atomic E-state index is 0.262. The van der Waals surface area contributed by atoms with Crippen molar-refractivity contribution in [2.45, 2.75) is 13.5 Å². The molecule has 0 saturated carbocycles. The number of hydrogen-bond donors (Lipinski definition) is 2. The average Bonchev–Trinajstić information content (AvgIpc) is 2.74. The Kier molecular flexibility index (Phi) is 6.30. The monoisotopic (exact) mass is 376 g/mol. The molecule has 2 aromatic heterocycles. The van der Waals surface area contributed by atoms with E-state index in [1.54, 1.807) is 55.7 Å². The molecule has 0 fully saturated rings. The van der Waals surface area contributed by atoms with E-state index in [9.17, 15) is 9.59 Å². The highest BCUT2D eigenvalue weighted by molar-refractivity contribution is 6.07. The van der Waals surface area contributed by atoms with Crippen LogP contribution in [0.2, 0.25) is 0 Å². The number of hydrogen-bond acceptors (Lipinski definition) is 6. The number of rotatable bonds is 7. The Morgan fingerprint density at radius 1 is 1.04 bits per heavy atom. The molecule has 0 radical (unpaired) electrons. The van der Waals surface area contributed by atoms with Crippen molar-refractivity contribution in [3.63, 3.8) is 0 Å². The summed E-state index contributed by atoms with van der Waals surface area (Å²) in [4.78, 5) is 32.8. The van der Waals surface area contributed by atoms with Crippen LogP contribution in [0.3, 0.4) is 0 Å². The van der Waals surface area contributed by atoms with Gasteiger partial charge in [0.2, 0.25) is 0 Å². The third-order valence-corrected chi connectivity index (χ3v) is 3.89. The summed E-state index contributed by atoms with van der Waals surface area (Å²) < 4.78 is 5.02. The number of aromatic nitrogens is 2. The Morgan fingerprint density at radius 2 is 1.89 bits per heavy atom. The molecule has 0 aliphatic carbocycles. The van der Waals surface area contributed by atoms with Crippen LogP contribution in [0.5, 0.6) is 0 Å². The lowest BCUT2D eigenvalue weighted by Crippen LogP contribution is -2.16. The number of pyridine rings is 2. The minimum atomic E-state index is -0.480. The fourth-order valence-corrected chi connectivity index (χ4v) is 2.50. The third kappa shape index (κ3) is 4.91. The fourth-order valence-electron chi connectivity index (χ4n) is 2.50. The molecule has 0 aliphatic heterocycles. The average molecular weight is 376 g/mol. The summed E-state index contributed by atoms with van der Waals surface area (Å²) in [6.45, 7) is 2.58. The van der Waals surface area contributed by atoms with Gasteiger partial charge in [-0.3, -0.25) is 9.78 Å². The molecule has 0 saturated heterocycles. The van der Waals surface area contributed by atoms with Crippen molar-refractivity contribution in [1.82, 2.24) is 9.97 Å². The van der Waals surface area contributed by atoms with Gasteiger partial charge >= 0.3 is 5.97 Å². The van der Waals surface area contributed by atoms with Crippen LogP contribution in [0.15, 0.2) is 67.1 Å². The molecule has 3 rings (SSSR count). The maximum atomic E-state index is 12.5. The molecule has 142 valence electrons. The first kappa shape index (κ1) is 19.0. The Bertz CT molecular complexity index is 943. The molecular formula is C21H20N4O3. The van der Waals surface area contributed by atoms with Gasteiger partial charge in [-0.2, -0.15) is 0 Å². The first-order chi connectivity index (χ1) is 13.7. The van der Waals surface area contributed by atoms with Crippen LogP contribution in [0.1, 0.15) is 33.2 Å². The van der Waals surface area contributed by atoms with Gasteiger partial charge in [0.1, 0.15) is 5.82 Å². The quantitative estimate of drug-likeness (QED) is 0.613. The van der Waals surface area contributed by atoms with E-state index in [2.05, 4.69) is 20.6 Å². The highest BCUT2D eigenvalue weighted by atomic mass is 16.5. The first-order valence-corrected chi connectivity index (χ1v) is 8.83. The standard InChI is InChI=1S/C21H20N4O3/c1-2-28-21(27)17-7-3-4-8-18(17)25-20(26)16-9-10-19(24-14-16)23-13-15-6-5-11-22-12-15/h3-12,14H,2,13H2,1H3,(H,23,24)(H,25,26).